The first-order valence-corrected chi connectivity index (χ1v) is 6.38. The molecule has 0 amide bonds. The molecule has 84 valence electrons. The molecule has 15 heavy (non-hydrogen) atoms. The van der Waals surface area contributed by atoms with Gasteiger partial charge in [0.15, 0.2) is 0 Å². The van der Waals surface area contributed by atoms with E-state index in [0.717, 1.165) is 18.5 Å². The molecule has 0 aromatic rings. The van der Waals surface area contributed by atoms with Crippen LogP contribution >= 0.6 is 0 Å². The van der Waals surface area contributed by atoms with Gasteiger partial charge in [-0.25, -0.2) is 0 Å². The van der Waals surface area contributed by atoms with Crippen molar-refractivity contribution in [3.8, 4) is 0 Å². The van der Waals surface area contributed by atoms with Gasteiger partial charge in [0, 0.05) is 18.6 Å². The minimum Gasteiger partial charge on any atom is -0.294 e. The molecule has 0 N–H and O–H groups in total. The molecule has 0 aromatic carbocycles. The average molecular weight is 205 g/mol. The van der Waals surface area contributed by atoms with Crippen LogP contribution in [0, 0.1) is 0 Å². The molecule has 0 radical (unpaired) electrons. The van der Waals surface area contributed by atoms with E-state index in [1.165, 1.54) is 37.8 Å². The Morgan fingerprint density at radius 1 is 1.20 bits per heavy atom. The average Bonchev–Trinajstić information content (AvgIpc) is 2.67. The zero-order valence-electron chi connectivity index (χ0n) is 10.1. The highest BCUT2D eigenvalue weighted by atomic mass is 15.2. The molecule has 1 nitrogen and oxygen atoms in total. The Bertz CT molecular complexity index is 253. The SMILES string of the molecule is CC1CCCCC(C)N1CC1=CCC=C1. The number of likely N-dealkylation sites (tertiary alicyclic amines) is 1. The number of nitrogens with zero attached hydrogens (tertiary/aromatic N) is 1. The zero-order chi connectivity index (χ0) is 10.7. The molecule has 2 atom stereocenters. The van der Waals surface area contributed by atoms with Gasteiger partial charge in [0.1, 0.15) is 0 Å². The molecule has 1 saturated heterocycles. The predicted molar refractivity (Wildman–Crippen MR) is 65.9 cm³/mol. The number of allylic oxidation sites excluding steroid dienone is 2. The maximum atomic E-state index is 2.69. The van der Waals surface area contributed by atoms with Crippen LogP contribution in [0.2, 0.25) is 0 Å². The standard InChI is InChI=1S/C14H23N/c1-12-7-3-4-8-13(2)15(12)11-14-9-5-6-10-14/h5,9-10,12-13H,3-4,6-8,11H2,1-2H3. The quantitative estimate of drug-likeness (QED) is 0.666. The minimum atomic E-state index is 0.761. The van der Waals surface area contributed by atoms with Crippen molar-refractivity contribution in [3.05, 3.63) is 23.8 Å². The molecule has 0 spiro atoms. The molecule has 1 aliphatic heterocycles. The van der Waals surface area contributed by atoms with Gasteiger partial charge in [0.05, 0.1) is 0 Å². The van der Waals surface area contributed by atoms with Crippen molar-refractivity contribution >= 4 is 0 Å². The lowest BCUT2D eigenvalue weighted by Gasteiger charge is -2.32. The van der Waals surface area contributed by atoms with Gasteiger partial charge < -0.3 is 0 Å². The number of hydrogen-bond acceptors (Lipinski definition) is 1. The van der Waals surface area contributed by atoms with Crippen LogP contribution in [0.3, 0.4) is 0 Å². The molecule has 2 unspecified atom stereocenters. The van der Waals surface area contributed by atoms with Crippen molar-refractivity contribution in [2.45, 2.75) is 58.0 Å². The van der Waals surface area contributed by atoms with Crippen molar-refractivity contribution in [2.24, 2.45) is 0 Å². The molecular formula is C14H23N. The highest BCUT2D eigenvalue weighted by Gasteiger charge is 2.23. The van der Waals surface area contributed by atoms with E-state index in [2.05, 4.69) is 37.0 Å². The monoisotopic (exact) mass is 205 g/mol. The minimum absolute atomic E-state index is 0.761. The fourth-order valence-electron chi connectivity index (χ4n) is 2.79. The van der Waals surface area contributed by atoms with Crippen LogP contribution in [-0.2, 0) is 0 Å². The summed E-state index contributed by atoms with van der Waals surface area (Å²) in [4.78, 5) is 2.69. The fraction of sp³-hybridized carbons (Fsp3) is 0.714. The normalized spacial score (nSPS) is 32.8. The molecule has 1 aliphatic carbocycles. The summed E-state index contributed by atoms with van der Waals surface area (Å²) in [6.45, 7) is 5.95. The Kier molecular flexibility index (Phi) is 3.63. The molecule has 2 aliphatic rings. The fourth-order valence-corrected chi connectivity index (χ4v) is 2.79. The van der Waals surface area contributed by atoms with Gasteiger partial charge in [-0.3, -0.25) is 4.90 Å². The summed E-state index contributed by atoms with van der Waals surface area (Å²) >= 11 is 0. The first-order valence-electron chi connectivity index (χ1n) is 6.38. The van der Waals surface area contributed by atoms with E-state index in [1.54, 1.807) is 0 Å². The third-order valence-electron chi connectivity index (χ3n) is 3.84. The van der Waals surface area contributed by atoms with Crippen LogP contribution in [0.5, 0.6) is 0 Å². The van der Waals surface area contributed by atoms with Gasteiger partial charge in [0.25, 0.3) is 0 Å². The van der Waals surface area contributed by atoms with E-state index in [9.17, 15) is 0 Å². The van der Waals surface area contributed by atoms with Gasteiger partial charge in [0.2, 0.25) is 0 Å². The highest BCUT2D eigenvalue weighted by Crippen LogP contribution is 2.23. The highest BCUT2D eigenvalue weighted by molar-refractivity contribution is 5.27. The maximum Gasteiger partial charge on any atom is 0.0236 e. The van der Waals surface area contributed by atoms with Crippen LogP contribution in [-0.4, -0.2) is 23.5 Å². The lowest BCUT2D eigenvalue weighted by atomic mass is 10.1. The molecule has 0 bridgehead atoms. The van der Waals surface area contributed by atoms with Crippen molar-refractivity contribution in [2.75, 3.05) is 6.54 Å². The van der Waals surface area contributed by atoms with Crippen LogP contribution in [0.15, 0.2) is 23.8 Å². The summed E-state index contributed by atoms with van der Waals surface area (Å²) in [6, 6.07) is 1.52. The van der Waals surface area contributed by atoms with Crippen LogP contribution < -0.4 is 0 Å². The van der Waals surface area contributed by atoms with Crippen LogP contribution in [0.1, 0.15) is 46.0 Å². The molecule has 1 heterocycles. The van der Waals surface area contributed by atoms with Gasteiger partial charge in [-0.05, 0) is 38.7 Å². The topological polar surface area (TPSA) is 3.24 Å². The lowest BCUT2D eigenvalue weighted by molar-refractivity contribution is 0.172. The Balaban J connectivity index is 1.99. The van der Waals surface area contributed by atoms with Crippen molar-refractivity contribution in [3.63, 3.8) is 0 Å². The van der Waals surface area contributed by atoms with Gasteiger partial charge in [-0.2, -0.15) is 0 Å². The summed E-state index contributed by atoms with van der Waals surface area (Å²) in [5.41, 5.74) is 1.52. The summed E-state index contributed by atoms with van der Waals surface area (Å²) in [6.07, 6.45) is 13.7. The molecule has 2 rings (SSSR count). The van der Waals surface area contributed by atoms with Crippen molar-refractivity contribution in [1.82, 2.24) is 4.90 Å². The van der Waals surface area contributed by atoms with Gasteiger partial charge in [-0.1, -0.05) is 31.1 Å². The number of rotatable bonds is 2. The van der Waals surface area contributed by atoms with E-state index >= 15 is 0 Å². The zero-order valence-corrected chi connectivity index (χ0v) is 10.1. The first-order chi connectivity index (χ1) is 7.27. The van der Waals surface area contributed by atoms with Crippen molar-refractivity contribution in [1.29, 1.82) is 0 Å². The lowest BCUT2D eigenvalue weighted by Crippen LogP contribution is -2.39. The van der Waals surface area contributed by atoms with E-state index in [1.807, 2.05) is 0 Å². The van der Waals surface area contributed by atoms with Crippen LogP contribution in [0.4, 0.5) is 0 Å². The van der Waals surface area contributed by atoms with E-state index in [-0.39, 0.29) is 0 Å². The Labute approximate surface area is 93.9 Å². The first kappa shape index (κ1) is 10.9. The van der Waals surface area contributed by atoms with Gasteiger partial charge in [-0.15, -0.1) is 0 Å². The van der Waals surface area contributed by atoms with Crippen LogP contribution in [0.25, 0.3) is 0 Å². The molecule has 1 heteroatoms. The second kappa shape index (κ2) is 4.98. The second-order valence-electron chi connectivity index (χ2n) is 5.07. The smallest absolute Gasteiger partial charge is 0.0236 e. The van der Waals surface area contributed by atoms with Crippen molar-refractivity contribution < 1.29 is 0 Å². The largest absolute Gasteiger partial charge is 0.294 e. The molecule has 0 saturated carbocycles. The predicted octanol–water partition coefficient (Wildman–Crippen LogP) is 3.53. The summed E-state index contributed by atoms with van der Waals surface area (Å²) < 4.78 is 0. The molecule has 1 fully saturated rings. The van der Waals surface area contributed by atoms with Gasteiger partial charge >= 0.3 is 0 Å². The summed E-state index contributed by atoms with van der Waals surface area (Å²) in [7, 11) is 0. The maximum absolute atomic E-state index is 2.69. The number of hydrogen-bond donors (Lipinski definition) is 0. The second-order valence-corrected chi connectivity index (χ2v) is 5.07. The third-order valence-corrected chi connectivity index (χ3v) is 3.84. The third kappa shape index (κ3) is 2.72. The summed E-state index contributed by atoms with van der Waals surface area (Å²) in [5, 5.41) is 0. The van der Waals surface area contributed by atoms with E-state index < -0.39 is 0 Å². The Morgan fingerprint density at radius 2 is 1.87 bits per heavy atom. The Morgan fingerprint density at radius 3 is 2.40 bits per heavy atom. The molecule has 0 aromatic heterocycles. The van der Waals surface area contributed by atoms with E-state index in [0.29, 0.717) is 0 Å². The summed E-state index contributed by atoms with van der Waals surface area (Å²) in [5.74, 6) is 0. The molecular weight excluding hydrogens is 182 g/mol. The Hall–Kier alpha value is -0.560. The van der Waals surface area contributed by atoms with E-state index in [4.69, 9.17) is 0 Å².